The number of hydrogen-bond donors (Lipinski definition) is 1. The average molecular weight is 1740 g/mol. The number of aromatic nitrogens is 12. The Hall–Kier alpha value is -5.28. The van der Waals surface area contributed by atoms with E-state index in [1.807, 2.05) is 123 Å². The normalized spacial score (nSPS) is 11.3. The maximum absolute atomic E-state index is 8.91. The molecule has 0 radical (unpaired) electrons. The molecule has 0 fully saturated rings. The molecular formula is C58H38Br4Cl11N13O7. The smallest absolute Gasteiger partial charge is 0.268 e. The number of aliphatic hydroxyl groups is 1. The van der Waals surface area contributed by atoms with Gasteiger partial charge in [-0.25, -0.2) is 4.85 Å². The van der Waals surface area contributed by atoms with Crippen molar-refractivity contribution >= 4 is 197 Å². The molecule has 0 aliphatic carbocycles. The van der Waals surface area contributed by atoms with Crippen molar-refractivity contribution in [3.05, 3.63) is 221 Å². The summed E-state index contributed by atoms with van der Waals surface area (Å²) in [5.41, 5.74) is 8.44. The Balaban J connectivity index is 0.000000158. The minimum absolute atomic E-state index is 0.0243. The van der Waals surface area contributed by atoms with E-state index in [9.17, 15) is 0 Å². The van der Waals surface area contributed by atoms with Crippen LogP contribution in [0, 0.1) is 20.4 Å². The van der Waals surface area contributed by atoms with Gasteiger partial charge >= 0.3 is 0 Å². The van der Waals surface area contributed by atoms with E-state index in [0.717, 1.165) is 33.4 Å². The number of alkyl halides is 15. The number of nitrogens with zero attached hydrogens (tertiary/aromatic N) is 13. The van der Waals surface area contributed by atoms with E-state index in [0.29, 0.717) is 57.5 Å². The maximum atomic E-state index is 8.91. The molecule has 0 atom stereocenters. The number of aryl methyl sites for hydroxylation is 2. The summed E-state index contributed by atoms with van der Waals surface area (Å²) < 4.78 is 26.0. The lowest BCUT2D eigenvalue weighted by Gasteiger charge is -2.03. The van der Waals surface area contributed by atoms with E-state index < -0.39 is 18.4 Å². The molecule has 6 aromatic carbocycles. The van der Waals surface area contributed by atoms with Crippen molar-refractivity contribution in [1.82, 2.24) is 61.2 Å². The predicted molar refractivity (Wildman–Crippen MR) is 373 cm³/mol. The summed E-state index contributed by atoms with van der Waals surface area (Å²) in [5, 5.41) is 55.0. The summed E-state index contributed by atoms with van der Waals surface area (Å²) in [6.45, 7) is 10.8. The highest BCUT2D eigenvalue weighted by molar-refractivity contribution is 9.38. The first kappa shape index (κ1) is 75.1. The van der Waals surface area contributed by atoms with Crippen molar-refractivity contribution in [3.63, 3.8) is 0 Å². The second kappa shape index (κ2) is 35.1. The van der Waals surface area contributed by atoms with Crippen molar-refractivity contribution in [3.8, 4) is 68.7 Å². The van der Waals surface area contributed by atoms with Crippen LogP contribution in [-0.4, -0.2) is 66.3 Å². The third-order valence-electron chi connectivity index (χ3n) is 11.1. The molecule has 0 aliphatic rings. The molecule has 6 aromatic heterocycles. The van der Waals surface area contributed by atoms with Crippen LogP contribution < -0.4 is 0 Å². The van der Waals surface area contributed by atoms with Gasteiger partial charge < -0.3 is 31.6 Å². The highest BCUT2D eigenvalue weighted by Gasteiger charge is 2.33. The molecule has 0 unspecified atom stereocenters. The Kier molecular flexibility index (Phi) is 28.4. The van der Waals surface area contributed by atoms with E-state index in [2.05, 4.69) is 130 Å². The van der Waals surface area contributed by atoms with Crippen molar-refractivity contribution in [2.45, 2.75) is 44.1 Å². The summed E-state index contributed by atoms with van der Waals surface area (Å²) in [6, 6.07) is 48.3. The number of benzene rings is 6. The molecule has 0 saturated carbocycles. The largest absolute Gasteiger partial charge is 0.420 e. The Morgan fingerprint density at radius 2 is 0.785 bits per heavy atom. The van der Waals surface area contributed by atoms with Crippen LogP contribution >= 0.6 is 191 Å². The lowest BCUT2D eigenvalue weighted by molar-refractivity contribution is 0.282. The molecule has 1 N–H and O–H groups in total. The molecule has 35 heteroatoms. The molecule has 93 heavy (non-hydrogen) atoms. The Bertz CT molecular complexity index is 4290. The second-order valence-corrected chi connectivity index (χ2v) is 33.3. The molecule has 6 heterocycles. The standard InChI is InChI=1S/C10H7Br3N2O.C10H4Cl3N3O.C10H7Cl3N2O2.C10H7Cl3N2O.C9H7BrN2O.C9H6Cl2N2O/c1-6-2-4-7(5-3-6)8-14-15-9(16-8)10(11,12)13;1-14-7-4-2-6(3-5-7)8-15-16-9(17-8)10(11,12)13;11-10(12,13)9-15-14-8(17-9)7-3-1-6(5-16)2-4-7;1-6-3-2-4-7(5-6)8-14-15-9(16-8)10(11,12)13;10-6-8-11-12-9(13-8)7-4-2-1-3-5-7;10-7(11)9-13-12-8(14-9)6-4-2-1-3-5-6/h2-5H,1H3;2-5H;1-4,16H,5H2;2-5H,1H3;1-5H,6H2;1-5,7H. The topological polar surface area (TPSA) is 258 Å². The van der Waals surface area contributed by atoms with Crippen LogP contribution in [0.4, 0.5) is 5.69 Å². The van der Waals surface area contributed by atoms with Gasteiger partial charge in [-0.3, -0.25) is 0 Å². The maximum Gasteiger partial charge on any atom is 0.268 e. The van der Waals surface area contributed by atoms with Gasteiger partial charge in [-0.2, -0.15) is 0 Å². The molecule has 482 valence electrons. The summed E-state index contributed by atoms with van der Waals surface area (Å²) in [7, 11) is 0. The van der Waals surface area contributed by atoms with E-state index in [1.54, 1.807) is 48.5 Å². The van der Waals surface area contributed by atoms with Crippen LogP contribution in [0.5, 0.6) is 0 Å². The van der Waals surface area contributed by atoms with Crippen molar-refractivity contribution in [2.75, 3.05) is 0 Å². The van der Waals surface area contributed by atoms with Crippen molar-refractivity contribution in [2.24, 2.45) is 0 Å². The SMILES string of the molecule is BrCc1nnc(-c2ccccc2)o1.Cc1ccc(-c2nnc(C(Br)(Br)Br)o2)cc1.Cc1cccc(-c2nnc(C(Cl)(Cl)Cl)o2)c1.ClC(Cl)c1nnc(-c2ccccc2)o1.OCc1ccc(-c2nnc(C(Cl)(Cl)Cl)o2)cc1.[C-]#[N+]c1ccc(-c2nnc(C(Cl)(Cl)Cl)o2)cc1. The first-order chi connectivity index (χ1) is 44.1. The van der Waals surface area contributed by atoms with Gasteiger partial charge in [-0.1, -0.05) is 252 Å². The molecule has 0 amide bonds. The van der Waals surface area contributed by atoms with Gasteiger partial charge in [0.1, 0.15) is 0 Å². The van der Waals surface area contributed by atoms with Crippen molar-refractivity contribution < 1.29 is 31.6 Å². The van der Waals surface area contributed by atoms with Gasteiger partial charge in [0.2, 0.25) is 49.3 Å². The second-order valence-electron chi connectivity index (χ2n) is 18.0. The Labute approximate surface area is 617 Å². The van der Waals surface area contributed by atoms with Crippen LogP contribution in [0.3, 0.4) is 0 Å². The summed E-state index contributed by atoms with van der Waals surface area (Å²) in [4.78, 5) is 2.49. The highest BCUT2D eigenvalue weighted by Crippen LogP contribution is 2.44. The average Bonchev–Trinajstić information content (AvgIpc) is 2.22. The zero-order valence-electron chi connectivity index (χ0n) is 46.9. The molecule has 0 saturated heterocycles. The lowest BCUT2D eigenvalue weighted by Crippen LogP contribution is -1.99. The fourth-order valence-electron chi connectivity index (χ4n) is 6.75. The fourth-order valence-corrected chi connectivity index (χ4v) is 8.32. The molecule has 12 aromatic rings. The van der Waals surface area contributed by atoms with Crippen LogP contribution in [0.15, 0.2) is 184 Å². The third-order valence-corrected chi connectivity index (χ3v) is 14.4. The quantitative estimate of drug-likeness (QED) is 0.104. The van der Waals surface area contributed by atoms with Crippen LogP contribution in [0.1, 0.15) is 56.9 Å². The molecule has 0 aliphatic heterocycles. The molecular weight excluding hydrogens is 1700 g/mol. The fraction of sp³-hybridized carbons (Fsp3) is 0.155. The van der Waals surface area contributed by atoms with Gasteiger partial charge in [-0.15, -0.1) is 61.2 Å². The summed E-state index contributed by atoms with van der Waals surface area (Å²) in [5.74, 6) is 3.35. The minimum atomic E-state index is -1.73. The van der Waals surface area contributed by atoms with Crippen LogP contribution in [0.25, 0.3) is 73.6 Å². The van der Waals surface area contributed by atoms with Gasteiger partial charge in [-0.05, 0) is 128 Å². The summed E-state index contributed by atoms with van der Waals surface area (Å²) >= 11 is 74.9. The Morgan fingerprint density at radius 3 is 1.15 bits per heavy atom. The molecule has 20 nitrogen and oxygen atoms in total. The molecule has 12 rings (SSSR count). The number of halogens is 15. The molecule has 0 spiro atoms. The zero-order valence-corrected chi connectivity index (χ0v) is 61.5. The number of hydrogen-bond acceptors (Lipinski definition) is 19. The predicted octanol–water partition coefficient (Wildman–Crippen LogP) is 21.2. The van der Waals surface area contributed by atoms with E-state index in [4.69, 9.17) is 166 Å². The summed E-state index contributed by atoms with van der Waals surface area (Å²) in [6.07, 6.45) is 0. The van der Waals surface area contributed by atoms with E-state index >= 15 is 0 Å². The van der Waals surface area contributed by atoms with Gasteiger partial charge in [0.05, 0.1) is 18.5 Å². The number of aliphatic hydroxyl groups excluding tert-OH is 1. The number of rotatable bonds is 9. The van der Waals surface area contributed by atoms with Gasteiger partial charge in [0.25, 0.3) is 34.9 Å². The highest BCUT2D eigenvalue weighted by atomic mass is 80.0. The van der Waals surface area contributed by atoms with Crippen LogP contribution in [0.2, 0.25) is 0 Å². The third kappa shape index (κ3) is 23.5. The first-order valence-corrected chi connectivity index (χ1v) is 33.4. The van der Waals surface area contributed by atoms with E-state index in [1.165, 1.54) is 5.56 Å². The lowest BCUT2D eigenvalue weighted by atomic mass is 10.1. The van der Waals surface area contributed by atoms with Crippen molar-refractivity contribution in [1.29, 1.82) is 0 Å². The Morgan fingerprint density at radius 1 is 0.419 bits per heavy atom. The molecule has 0 bridgehead atoms. The monoisotopic (exact) mass is 1730 g/mol. The van der Waals surface area contributed by atoms with Gasteiger partial charge in [0, 0.05) is 33.4 Å². The zero-order chi connectivity index (χ0) is 67.5. The van der Waals surface area contributed by atoms with Gasteiger partial charge in [0.15, 0.2) is 10.5 Å². The van der Waals surface area contributed by atoms with Crippen LogP contribution in [-0.2, 0) is 25.5 Å². The van der Waals surface area contributed by atoms with E-state index in [-0.39, 0.29) is 42.0 Å². The first-order valence-electron chi connectivity index (χ1n) is 25.7. The minimum Gasteiger partial charge on any atom is -0.420 e.